The van der Waals surface area contributed by atoms with Crippen LogP contribution in [0.4, 0.5) is 5.82 Å². The largest absolute Gasteiger partial charge is 0.364 e. The highest BCUT2D eigenvalue weighted by Gasteiger charge is 2.52. The summed E-state index contributed by atoms with van der Waals surface area (Å²) in [5.41, 5.74) is 0.675. The Morgan fingerprint density at radius 1 is 1.38 bits per heavy atom. The molecule has 1 saturated heterocycles. The van der Waals surface area contributed by atoms with Crippen molar-refractivity contribution in [3.05, 3.63) is 18.7 Å². The number of rotatable bonds is 2. The summed E-state index contributed by atoms with van der Waals surface area (Å²) in [6, 6.07) is 0.129. The van der Waals surface area contributed by atoms with Crippen LogP contribution in [-0.2, 0) is 9.84 Å². The average molecular weight is 307 g/mol. The van der Waals surface area contributed by atoms with Gasteiger partial charge in [0.2, 0.25) is 5.65 Å². The maximum Gasteiger partial charge on any atom is 0.203 e. The topological polar surface area (TPSA) is 89.2 Å². The fraction of sp³-hybridized carbons (Fsp3) is 0.615. The van der Waals surface area contributed by atoms with E-state index >= 15 is 0 Å². The molecule has 2 aromatic rings. The van der Waals surface area contributed by atoms with E-state index < -0.39 is 14.6 Å². The maximum absolute atomic E-state index is 12.3. The number of hydrogen-bond donors (Lipinski definition) is 1. The number of sulfone groups is 1. The van der Waals surface area contributed by atoms with Crippen LogP contribution in [0.25, 0.3) is 5.65 Å². The van der Waals surface area contributed by atoms with Crippen molar-refractivity contribution >= 4 is 21.3 Å². The van der Waals surface area contributed by atoms with Gasteiger partial charge in [0.1, 0.15) is 6.33 Å². The molecule has 21 heavy (non-hydrogen) atoms. The second-order valence-electron chi connectivity index (χ2n) is 6.03. The fourth-order valence-electron chi connectivity index (χ4n) is 3.46. The molecule has 2 aliphatic rings. The summed E-state index contributed by atoms with van der Waals surface area (Å²) in [6.45, 7) is 0. The first-order valence-electron chi connectivity index (χ1n) is 7.23. The van der Waals surface area contributed by atoms with Crippen LogP contribution in [0.3, 0.4) is 0 Å². The van der Waals surface area contributed by atoms with Gasteiger partial charge in [-0.05, 0) is 25.7 Å². The lowest BCUT2D eigenvalue weighted by molar-refractivity contribution is 0.289. The van der Waals surface area contributed by atoms with Crippen molar-refractivity contribution in [1.82, 2.24) is 19.6 Å². The normalized spacial score (nSPS) is 26.6. The van der Waals surface area contributed by atoms with Crippen LogP contribution in [0.2, 0.25) is 0 Å². The molecule has 0 aromatic carbocycles. The Balaban J connectivity index is 1.60. The van der Waals surface area contributed by atoms with Gasteiger partial charge >= 0.3 is 0 Å². The third-order valence-corrected chi connectivity index (χ3v) is 7.50. The highest BCUT2D eigenvalue weighted by molar-refractivity contribution is 7.92. The third kappa shape index (κ3) is 1.92. The van der Waals surface area contributed by atoms with E-state index in [4.69, 9.17) is 0 Å². The van der Waals surface area contributed by atoms with Gasteiger partial charge < -0.3 is 5.32 Å². The Hall–Kier alpha value is -1.70. The van der Waals surface area contributed by atoms with Gasteiger partial charge in [-0.1, -0.05) is 6.42 Å². The lowest BCUT2D eigenvalue weighted by atomic mass is 9.79. The maximum atomic E-state index is 12.3. The standard InChI is InChI=1S/C13H17N5O2S/c19-21(20)7-2-10(8-13(21)3-1-4-13)16-11-12-17-15-9-18(12)6-5-14-11/h5-6,9-10H,1-4,7-8H2,(H,14,16). The minimum Gasteiger partial charge on any atom is -0.364 e. The summed E-state index contributed by atoms with van der Waals surface area (Å²) in [5, 5.41) is 11.3. The van der Waals surface area contributed by atoms with E-state index in [-0.39, 0.29) is 11.8 Å². The van der Waals surface area contributed by atoms with Crippen LogP contribution >= 0.6 is 0 Å². The van der Waals surface area contributed by atoms with Gasteiger partial charge in [0, 0.05) is 18.4 Å². The summed E-state index contributed by atoms with van der Waals surface area (Å²) >= 11 is 0. The van der Waals surface area contributed by atoms with Crippen molar-refractivity contribution in [3.63, 3.8) is 0 Å². The molecule has 2 fully saturated rings. The van der Waals surface area contributed by atoms with Crippen molar-refractivity contribution in [3.8, 4) is 0 Å². The van der Waals surface area contributed by atoms with Crippen LogP contribution < -0.4 is 5.32 Å². The molecule has 1 saturated carbocycles. The smallest absolute Gasteiger partial charge is 0.203 e. The SMILES string of the molecule is O=S1(=O)CCC(Nc2nccn3cnnc23)CC12CCC2. The summed E-state index contributed by atoms with van der Waals surface area (Å²) in [5.74, 6) is 0.939. The highest BCUT2D eigenvalue weighted by Crippen LogP contribution is 2.47. The Morgan fingerprint density at radius 2 is 2.24 bits per heavy atom. The zero-order valence-electron chi connectivity index (χ0n) is 11.6. The number of aromatic nitrogens is 4. The van der Waals surface area contributed by atoms with Crippen LogP contribution in [0, 0.1) is 0 Å². The molecule has 1 aliphatic heterocycles. The second kappa shape index (κ2) is 4.40. The third-order valence-electron chi connectivity index (χ3n) is 4.83. The van der Waals surface area contributed by atoms with E-state index in [9.17, 15) is 8.42 Å². The quantitative estimate of drug-likeness (QED) is 0.891. The lowest BCUT2D eigenvalue weighted by Gasteiger charge is -2.46. The molecule has 0 radical (unpaired) electrons. The molecular weight excluding hydrogens is 290 g/mol. The van der Waals surface area contributed by atoms with E-state index in [0.29, 0.717) is 24.3 Å². The van der Waals surface area contributed by atoms with Crippen LogP contribution in [0.5, 0.6) is 0 Å². The Bertz CT molecular complexity index is 781. The molecular formula is C13H17N5O2S. The first kappa shape index (κ1) is 13.0. The van der Waals surface area contributed by atoms with E-state index in [0.717, 1.165) is 19.3 Å². The van der Waals surface area contributed by atoms with Crippen LogP contribution in [-0.4, -0.2) is 44.5 Å². The zero-order valence-corrected chi connectivity index (χ0v) is 12.4. The van der Waals surface area contributed by atoms with Crippen molar-refractivity contribution in [2.24, 2.45) is 0 Å². The van der Waals surface area contributed by atoms with E-state index in [1.54, 1.807) is 23.1 Å². The molecule has 1 spiro atoms. The fourth-order valence-corrected chi connectivity index (χ4v) is 5.85. The van der Waals surface area contributed by atoms with Gasteiger partial charge in [-0.15, -0.1) is 10.2 Å². The molecule has 4 rings (SSSR count). The van der Waals surface area contributed by atoms with Gasteiger partial charge in [-0.3, -0.25) is 4.40 Å². The highest BCUT2D eigenvalue weighted by atomic mass is 32.2. The molecule has 1 N–H and O–H groups in total. The zero-order chi connectivity index (χ0) is 14.5. The summed E-state index contributed by atoms with van der Waals surface area (Å²) < 4.78 is 25.9. The van der Waals surface area contributed by atoms with Crippen LogP contribution in [0.1, 0.15) is 32.1 Å². The predicted octanol–water partition coefficient (Wildman–Crippen LogP) is 1.04. The van der Waals surface area contributed by atoms with Crippen molar-refractivity contribution in [2.45, 2.75) is 42.9 Å². The first-order chi connectivity index (χ1) is 10.1. The second-order valence-corrected chi connectivity index (χ2v) is 8.53. The van der Waals surface area contributed by atoms with Crippen molar-refractivity contribution in [2.75, 3.05) is 11.1 Å². The lowest BCUT2D eigenvalue weighted by Crippen LogP contribution is -2.53. The molecule has 1 atom stereocenters. The Kier molecular flexibility index (Phi) is 2.72. The summed E-state index contributed by atoms with van der Waals surface area (Å²) in [7, 11) is -2.94. The van der Waals surface area contributed by atoms with Crippen molar-refractivity contribution < 1.29 is 8.42 Å². The molecule has 2 aromatic heterocycles. The van der Waals surface area contributed by atoms with Gasteiger partial charge in [-0.2, -0.15) is 0 Å². The number of nitrogens with one attached hydrogen (secondary N) is 1. The molecule has 1 aliphatic carbocycles. The average Bonchev–Trinajstić information content (AvgIpc) is 2.88. The van der Waals surface area contributed by atoms with Crippen molar-refractivity contribution in [1.29, 1.82) is 0 Å². The number of fused-ring (bicyclic) bond motifs is 1. The van der Waals surface area contributed by atoms with Gasteiger partial charge in [-0.25, -0.2) is 13.4 Å². The molecule has 1 unspecified atom stereocenters. The first-order valence-corrected chi connectivity index (χ1v) is 8.88. The van der Waals surface area contributed by atoms with E-state index in [1.165, 1.54) is 0 Å². The van der Waals surface area contributed by atoms with E-state index in [2.05, 4.69) is 20.5 Å². The predicted molar refractivity (Wildman–Crippen MR) is 77.8 cm³/mol. The minimum absolute atomic E-state index is 0.129. The van der Waals surface area contributed by atoms with E-state index in [1.807, 2.05) is 0 Å². The van der Waals surface area contributed by atoms with Gasteiger partial charge in [0.25, 0.3) is 0 Å². The minimum atomic E-state index is -2.94. The molecule has 3 heterocycles. The molecule has 112 valence electrons. The van der Waals surface area contributed by atoms with Gasteiger partial charge in [0.15, 0.2) is 15.7 Å². The van der Waals surface area contributed by atoms with Crippen LogP contribution in [0.15, 0.2) is 18.7 Å². The molecule has 7 nitrogen and oxygen atoms in total. The Morgan fingerprint density at radius 3 is 3.00 bits per heavy atom. The number of anilines is 1. The monoisotopic (exact) mass is 307 g/mol. The molecule has 8 heteroatoms. The summed E-state index contributed by atoms with van der Waals surface area (Å²) in [4.78, 5) is 4.32. The number of nitrogens with zero attached hydrogens (tertiary/aromatic N) is 4. The molecule has 0 amide bonds. The number of hydrogen-bond acceptors (Lipinski definition) is 6. The molecule has 0 bridgehead atoms. The van der Waals surface area contributed by atoms with Gasteiger partial charge in [0.05, 0.1) is 10.5 Å². The Labute approximate surface area is 122 Å². The summed E-state index contributed by atoms with van der Waals surface area (Å²) in [6.07, 6.45) is 9.03.